The van der Waals surface area contributed by atoms with E-state index in [-0.39, 0.29) is 37.5 Å². The van der Waals surface area contributed by atoms with Crippen molar-refractivity contribution in [2.75, 3.05) is 13.2 Å². The molecule has 0 radical (unpaired) electrons. The molecule has 6 heteroatoms. The van der Waals surface area contributed by atoms with E-state index in [0.29, 0.717) is 19.3 Å². The first-order chi connectivity index (χ1) is 30.0. The van der Waals surface area contributed by atoms with Crippen molar-refractivity contribution in [3.63, 3.8) is 0 Å². The number of unbranched alkanes of at least 4 members (excludes halogenated alkanes) is 23. The van der Waals surface area contributed by atoms with Crippen LogP contribution in [0, 0.1) is 0 Å². The van der Waals surface area contributed by atoms with Crippen molar-refractivity contribution in [2.45, 2.75) is 232 Å². The monoisotopic (exact) mass is 849 g/mol. The van der Waals surface area contributed by atoms with Gasteiger partial charge in [0.1, 0.15) is 13.2 Å². The fraction of sp³-hybridized carbons (Fsp3) is 0.691. The van der Waals surface area contributed by atoms with Gasteiger partial charge in [0.25, 0.3) is 0 Å². The zero-order valence-corrected chi connectivity index (χ0v) is 39.7. The maximum Gasteiger partial charge on any atom is 0.306 e. The van der Waals surface area contributed by atoms with Crippen molar-refractivity contribution in [3.8, 4) is 0 Å². The molecule has 1 atom stereocenters. The Kier molecular flexibility index (Phi) is 46.5. The summed E-state index contributed by atoms with van der Waals surface area (Å²) in [6.07, 6.45) is 62.8. The predicted molar refractivity (Wildman–Crippen MR) is 261 cm³/mol. The molecule has 0 saturated heterocycles. The molecule has 0 aromatic heterocycles. The van der Waals surface area contributed by atoms with Crippen LogP contribution in [-0.4, -0.2) is 37.2 Å². The van der Waals surface area contributed by atoms with Gasteiger partial charge in [0.05, 0.1) is 0 Å². The van der Waals surface area contributed by atoms with E-state index in [9.17, 15) is 14.4 Å². The van der Waals surface area contributed by atoms with E-state index in [1.807, 2.05) is 54.7 Å². The number of rotatable bonds is 44. The lowest BCUT2D eigenvalue weighted by atomic mass is 10.0. The Morgan fingerprint density at radius 3 is 1.20 bits per heavy atom. The maximum atomic E-state index is 12.7. The molecule has 0 fully saturated rings. The molecule has 0 spiro atoms. The molecular formula is C55H92O6. The topological polar surface area (TPSA) is 78.9 Å². The van der Waals surface area contributed by atoms with E-state index >= 15 is 0 Å². The second-order valence-electron chi connectivity index (χ2n) is 16.5. The van der Waals surface area contributed by atoms with Crippen LogP contribution < -0.4 is 0 Å². The van der Waals surface area contributed by atoms with Crippen molar-refractivity contribution in [1.82, 2.24) is 0 Å². The lowest BCUT2D eigenvalue weighted by Crippen LogP contribution is -2.30. The van der Waals surface area contributed by atoms with E-state index in [1.165, 1.54) is 116 Å². The van der Waals surface area contributed by atoms with Gasteiger partial charge in [0, 0.05) is 19.3 Å². The van der Waals surface area contributed by atoms with Crippen molar-refractivity contribution in [3.05, 3.63) is 85.1 Å². The average Bonchev–Trinajstić information content (AvgIpc) is 3.26. The molecule has 0 aliphatic heterocycles. The zero-order chi connectivity index (χ0) is 44.4. The van der Waals surface area contributed by atoms with Crippen LogP contribution >= 0.6 is 0 Å². The third-order valence-electron chi connectivity index (χ3n) is 10.5. The molecule has 0 bridgehead atoms. The summed E-state index contributed by atoms with van der Waals surface area (Å²) in [5.41, 5.74) is 0. The lowest BCUT2D eigenvalue weighted by molar-refractivity contribution is -0.167. The molecule has 0 aliphatic carbocycles. The Labute approximate surface area is 375 Å². The molecule has 6 nitrogen and oxygen atoms in total. The fourth-order valence-electron chi connectivity index (χ4n) is 6.74. The normalized spacial score (nSPS) is 12.8. The Hall–Kier alpha value is -3.41. The summed E-state index contributed by atoms with van der Waals surface area (Å²) < 4.78 is 16.7. The van der Waals surface area contributed by atoms with Crippen molar-refractivity contribution < 1.29 is 28.6 Å². The minimum absolute atomic E-state index is 0.107. The van der Waals surface area contributed by atoms with Gasteiger partial charge in [-0.25, -0.2) is 0 Å². The highest BCUT2D eigenvalue weighted by Crippen LogP contribution is 2.14. The van der Waals surface area contributed by atoms with Crippen LogP contribution in [0.4, 0.5) is 0 Å². The first-order valence-corrected chi connectivity index (χ1v) is 25.2. The van der Waals surface area contributed by atoms with E-state index in [2.05, 4.69) is 51.2 Å². The second-order valence-corrected chi connectivity index (χ2v) is 16.5. The van der Waals surface area contributed by atoms with Crippen LogP contribution in [0.1, 0.15) is 226 Å². The Morgan fingerprint density at radius 2 is 0.721 bits per heavy atom. The molecule has 0 saturated carbocycles. The SMILES string of the molecule is CC\C=C/C=C\C=C/C=C\C=C/CCCC(=O)OC(COC(=O)CCCCCCCCC/C=C\C/C=C\CCCCC)COC(=O)CCCCCCCCCCCCCCC. The van der Waals surface area contributed by atoms with E-state index in [1.54, 1.807) is 0 Å². The van der Waals surface area contributed by atoms with Crippen molar-refractivity contribution in [2.24, 2.45) is 0 Å². The summed E-state index contributed by atoms with van der Waals surface area (Å²) in [6, 6.07) is 0. The molecule has 0 rings (SSSR count). The summed E-state index contributed by atoms with van der Waals surface area (Å²) in [4.78, 5) is 37.9. The van der Waals surface area contributed by atoms with Crippen LogP contribution in [0.15, 0.2) is 85.1 Å². The Morgan fingerprint density at radius 1 is 0.361 bits per heavy atom. The highest BCUT2D eigenvalue weighted by Gasteiger charge is 2.19. The van der Waals surface area contributed by atoms with E-state index in [4.69, 9.17) is 14.2 Å². The van der Waals surface area contributed by atoms with Crippen LogP contribution in [0.2, 0.25) is 0 Å². The third-order valence-corrected chi connectivity index (χ3v) is 10.5. The summed E-state index contributed by atoms with van der Waals surface area (Å²) in [6.45, 7) is 6.39. The third kappa shape index (κ3) is 47.5. The van der Waals surface area contributed by atoms with Gasteiger partial charge in [0.15, 0.2) is 6.10 Å². The van der Waals surface area contributed by atoms with Gasteiger partial charge >= 0.3 is 17.9 Å². The second kappa shape index (κ2) is 49.2. The molecule has 0 aromatic carbocycles. The average molecular weight is 849 g/mol. The fourth-order valence-corrected chi connectivity index (χ4v) is 6.74. The molecule has 348 valence electrons. The van der Waals surface area contributed by atoms with Gasteiger partial charge in [0.2, 0.25) is 0 Å². The molecule has 1 unspecified atom stereocenters. The molecule has 0 N–H and O–H groups in total. The largest absolute Gasteiger partial charge is 0.462 e. The molecule has 61 heavy (non-hydrogen) atoms. The quantitative estimate of drug-likeness (QED) is 0.0200. The maximum absolute atomic E-state index is 12.7. The number of esters is 3. The summed E-state index contributed by atoms with van der Waals surface area (Å²) >= 11 is 0. The highest BCUT2D eigenvalue weighted by molar-refractivity contribution is 5.71. The van der Waals surface area contributed by atoms with E-state index in [0.717, 1.165) is 64.2 Å². The minimum Gasteiger partial charge on any atom is -0.462 e. The van der Waals surface area contributed by atoms with Gasteiger partial charge < -0.3 is 14.2 Å². The number of carbonyl (C=O) groups excluding carboxylic acids is 3. The Bertz CT molecular complexity index is 1200. The first-order valence-electron chi connectivity index (χ1n) is 25.2. The van der Waals surface area contributed by atoms with Crippen LogP contribution in [0.5, 0.6) is 0 Å². The van der Waals surface area contributed by atoms with Crippen molar-refractivity contribution in [1.29, 1.82) is 0 Å². The highest BCUT2D eigenvalue weighted by atomic mass is 16.6. The molecule has 0 aliphatic rings. The van der Waals surface area contributed by atoms with Crippen LogP contribution in [0.3, 0.4) is 0 Å². The van der Waals surface area contributed by atoms with Gasteiger partial charge in [-0.15, -0.1) is 0 Å². The van der Waals surface area contributed by atoms with Crippen molar-refractivity contribution >= 4 is 17.9 Å². The number of allylic oxidation sites excluding steroid dienone is 14. The smallest absolute Gasteiger partial charge is 0.306 e. The molecule has 0 heterocycles. The van der Waals surface area contributed by atoms with E-state index < -0.39 is 6.10 Å². The molecular weight excluding hydrogens is 757 g/mol. The standard InChI is InChI=1S/C55H92O6/c1-4-7-10-13-16-19-22-25-26-27-28-31-33-36-39-42-45-48-54(57)60-51-52(61-55(58)49-46-43-40-37-34-30-24-21-18-15-12-9-6-3)50-59-53(56)47-44-41-38-35-32-29-23-20-17-14-11-8-5-2/h9,12,15-16,18-19,21,24-26,30,34,37,40,52H,4-8,10-11,13-14,17,20,22-23,27-29,31-33,35-36,38-39,41-51H2,1-3H3/b12-9-,18-15-,19-16-,24-21-,26-25-,34-30-,40-37-. The number of carbonyl (C=O) groups is 3. The summed E-state index contributed by atoms with van der Waals surface area (Å²) in [5.74, 6) is -0.990. The van der Waals surface area contributed by atoms with Gasteiger partial charge in [-0.1, -0.05) is 228 Å². The Balaban J connectivity index is 4.47. The predicted octanol–water partition coefficient (Wildman–Crippen LogP) is 16.4. The number of ether oxygens (including phenoxy) is 3. The first kappa shape index (κ1) is 57.6. The van der Waals surface area contributed by atoms with Crippen LogP contribution in [0.25, 0.3) is 0 Å². The molecule has 0 aromatic rings. The van der Waals surface area contributed by atoms with Crippen LogP contribution in [-0.2, 0) is 28.6 Å². The lowest BCUT2D eigenvalue weighted by Gasteiger charge is -2.18. The number of hydrogen-bond donors (Lipinski definition) is 0. The summed E-state index contributed by atoms with van der Waals surface area (Å²) in [5, 5.41) is 0. The van der Waals surface area contributed by atoms with Gasteiger partial charge in [-0.2, -0.15) is 0 Å². The zero-order valence-electron chi connectivity index (χ0n) is 39.7. The minimum atomic E-state index is -0.814. The number of hydrogen-bond acceptors (Lipinski definition) is 6. The molecule has 0 amide bonds. The summed E-state index contributed by atoms with van der Waals surface area (Å²) in [7, 11) is 0. The van der Waals surface area contributed by atoms with Gasteiger partial charge in [-0.05, 0) is 64.2 Å². The van der Waals surface area contributed by atoms with Gasteiger partial charge in [-0.3, -0.25) is 14.4 Å².